The molecular weight excluding hydrogens is 419 g/mol. The Morgan fingerprint density at radius 1 is 1.03 bits per heavy atom. The molecule has 31 heavy (non-hydrogen) atoms. The first-order valence-corrected chi connectivity index (χ1v) is 9.99. The van der Waals surface area contributed by atoms with Gasteiger partial charge in [0, 0.05) is 10.7 Å². The minimum Gasteiger partial charge on any atom is -0.478 e. The van der Waals surface area contributed by atoms with Gasteiger partial charge in [-0.3, -0.25) is 4.79 Å². The third-order valence-electron chi connectivity index (χ3n) is 4.77. The van der Waals surface area contributed by atoms with Gasteiger partial charge in [0.15, 0.2) is 5.60 Å². The molecule has 0 radical (unpaired) electrons. The number of halogens is 2. The largest absolute Gasteiger partial charge is 0.478 e. The van der Waals surface area contributed by atoms with Crippen molar-refractivity contribution in [1.29, 1.82) is 0 Å². The summed E-state index contributed by atoms with van der Waals surface area (Å²) in [6.45, 7) is 5.25. The average molecular weight is 439 g/mol. The van der Waals surface area contributed by atoms with Crippen LogP contribution in [-0.2, 0) is 4.79 Å². The lowest BCUT2D eigenvalue weighted by molar-refractivity contribution is -0.128. The van der Waals surface area contributed by atoms with Gasteiger partial charge in [0.25, 0.3) is 5.91 Å². The van der Waals surface area contributed by atoms with Crippen LogP contribution in [0.5, 0.6) is 5.75 Å². The maximum Gasteiger partial charge on any atom is 0.267 e. The van der Waals surface area contributed by atoms with Crippen LogP contribution in [0.25, 0.3) is 16.7 Å². The van der Waals surface area contributed by atoms with E-state index < -0.39 is 5.60 Å². The Hall–Kier alpha value is -3.45. The Balaban J connectivity index is 1.57. The smallest absolute Gasteiger partial charge is 0.267 e. The van der Waals surface area contributed by atoms with Gasteiger partial charge in [-0.1, -0.05) is 11.6 Å². The molecule has 4 aromatic rings. The topological polar surface area (TPSA) is 69.0 Å². The molecular formula is C23H20ClFN4O2. The molecule has 0 fully saturated rings. The van der Waals surface area contributed by atoms with Gasteiger partial charge in [0.05, 0.1) is 5.69 Å². The van der Waals surface area contributed by atoms with E-state index in [4.69, 9.17) is 16.3 Å². The van der Waals surface area contributed by atoms with Crippen LogP contribution in [0, 0.1) is 12.7 Å². The van der Waals surface area contributed by atoms with Crippen molar-refractivity contribution < 1.29 is 13.9 Å². The number of carbonyl (C=O) groups is 1. The maximum absolute atomic E-state index is 13.2. The Morgan fingerprint density at radius 3 is 2.29 bits per heavy atom. The van der Waals surface area contributed by atoms with Gasteiger partial charge >= 0.3 is 0 Å². The fourth-order valence-corrected chi connectivity index (χ4v) is 3.13. The standard InChI is InChI=1S/C23H20ClFN4O2/c1-14-12-20-21(28-29(27-20)17-8-6-16(25)7-9-17)13-19(14)26-22(30)23(2,3)31-18-10-4-15(24)5-11-18/h4-13H,1-3H3,(H,26,30). The number of hydrogen-bond donors (Lipinski definition) is 1. The van der Waals surface area contributed by atoms with Crippen molar-refractivity contribution in [2.45, 2.75) is 26.4 Å². The maximum atomic E-state index is 13.2. The highest BCUT2D eigenvalue weighted by Gasteiger charge is 2.30. The second kappa shape index (κ2) is 8.00. The first-order chi connectivity index (χ1) is 14.7. The van der Waals surface area contributed by atoms with Crippen LogP contribution >= 0.6 is 11.6 Å². The molecule has 1 heterocycles. The number of anilines is 1. The van der Waals surface area contributed by atoms with Gasteiger partial charge in [-0.05, 0) is 87.0 Å². The lowest BCUT2D eigenvalue weighted by atomic mass is 10.1. The third kappa shape index (κ3) is 4.51. The molecule has 8 heteroatoms. The molecule has 1 N–H and O–H groups in total. The summed E-state index contributed by atoms with van der Waals surface area (Å²) in [5, 5.41) is 12.4. The zero-order chi connectivity index (χ0) is 22.2. The number of hydrogen-bond acceptors (Lipinski definition) is 4. The minimum absolute atomic E-state index is 0.309. The summed E-state index contributed by atoms with van der Waals surface area (Å²) in [4.78, 5) is 14.3. The fourth-order valence-electron chi connectivity index (χ4n) is 3.01. The van der Waals surface area contributed by atoms with Crippen LogP contribution in [0.2, 0.25) is 5.02 Å². The molecule has 0 spiro atoms. The predicted octanol–water partition coefficient (Wildman–Crippen LogP) is 5.32. The summed E-state index contributed by atoms with van der Waals surface area (Å²) in [6, 6.07) is 16.3. The van der Waals surface area contributed by atoms with Crippen LogP contribution in [-0.4, -0.2) is 26.5 Å². The molecule has 158 valence electrons. The minimum atomic E-state index is -1.12. The molecule has 0 aliphatic carbocycles. The van der Waals surface area contributed by atoms with E-state index in [1.807, 2.05) is 13.0 Å². The van der Waals surface area contributed by atoms with Crippen molar-refractivity contribution in [2.75, 3.05) is 5.32 Å². The van der Waals surface area contributed by atoms with Gasteiger partial charge in [0.1, 0.15) is 22.6 Å². The molecule has 0 saturated heterocycles. The van der Waals surface area contributed by atoms with E-state index in [9.17, 15) is 9.18 Å². The number of carbonyl (C=O) groups excluding carboxylic acids is 1. The van der Waals surface area contributed by atoms with Crippen molar-refractivity contribution in [3.05, 3.63) is 77.1 Å². The molecule has 0 atom stereocenters. The Morgan fingerprint density at radius 2 is 1.65 bits per heavy atom. The van der Waals surface area contributed by atoms with Gasteiger partial charge < -0.3 is 10.1 Å². The molecule has 0 bridgehead atoms. The highest BCUT2D eigenvalue weighted by molar-refractivity contribution is 6.30. The summed E-state index contributed by atoms with van der Waals surface area (Å²) in [5.74, 6) is -0.0977. The zero-order valence-corrected chi connectivity index (χ0v) is 17.9. The number of ether oxygens (including phenoxy) is 1. The molecule has 1 amide bonds. The summed E-state index contributed by atoms with van der Waals surface area (Å²) in [6.07, 6.45) is 0. The van der Waals surface area contributed by atoms with Crippen molar-refractivity contribution in [1.82, 2.24) is 15.0 Å². The van der Waals surface area contributed by atoms with Gasteiger partial charge in [-0.2, -0.15) is 4.80 Å². The molecule has 3 aromatic carbocycles. The van der Waals surface area contributed by atoms with E-state index in [1.54, 1.807) is 56.3 Å². The van der Waals surface area contributed by atoms with E-state index in [0.717, 1.165) is 5.56 Å². The van der Waals surface area contributed by atoms with Crippen LogP contribution in [0.4, 0.5) is 10.1 Å². The van der Waals surface area contributed by atoms with Crippen LogP contribution in [0.1, 0.15) is 19.4 Å². The summed E-state index contributed by atoms with van der Waals surface area (Å²) in [7, 11) is 0. The number of aryl methyl sites for hydroxylation is 1. The second-order valence-electron chi connectivity index (χ2n) is 7.64. The highest BCUT2D eigenvalue weighted by Crippen LogP contribution is 2.25. The van der Waals surface area contributed by atoms with Crippen molar-refractivity contribution >= 4 is 34.2 Å². The van der Waals surface area contributed by atoms with Gasteiger partial charge in [-0.25, -0.2) is 4.39 Å². The lowest BCUT2D eigenvalue weighted by Gasteiger charge is -2.25. The summed E-state index contributed by atoms with van der Waals surface area (Å²) in [5.41, 5.74) is 2.21. The van der Waals surface area contributed by atoms with E-state index in [-0.39, 0.29) is 11.7 Å². The quantitative estimate of drug-likeness (QED) is 0.458. The van der Waals surface area contributed by atoms with Crippen molar-refractivity contribution in [3.63, 3.8) is 0 Å². The van der Waals surface area contributed by atoms with Gasteiger partial charge in [-0.15, -0.1) is 10.2 Å². The first-order valence-electron chi connectivity index (χ1n) is 9.61. The number of aromatic nitrogens is 3. The third-order valence-corrected chi connectivity index (χ3v) is 5.02. The number of fused-ring (bicyclic) bond motifs is 1. The fraction of sp³-hybridized carbons (Fsp3) is 0.174. The Kier molecular flexibility index (Phi) is 5.37. The molecule has 0 unspecified atom stereocenters. The first kappa shape index (κ1) is 20.8. The van der Waals surface area contributed by atoms with Crippen LogP contribution in [0.3, 0.4) is 0 Å². The summed E-state index contributed by atoms with van der Waals surface area (Å²) >= 11 is 5.90. The molecule has 1 aromatic heterocycles. The molecule has 0 aliphatic rings. The molecule has 0 saturated carbocycles. The van der Waals surface area contributed by atoms with E-state index >= 15 is 0 Å². The average Bonchev–Trinajstić information content (AvgIpc) is 3.13. The predicted molar refractivity (Wildman–Crippen MR) is 118 cm³/mol. The molecule has 4 rings (SSSR count). The summed E-state index contributed by atoms with van der Waals surface area (Å²) < 4.78 is 19.0. The van der Waals surface area contributed by atoms with Crippen molar-refractivity contribution in [2.24, 2.45) is 0 Å². The number of nitrogens with zero attached hydrogens (tertiary/aromatic N) is 3. The number of rotatable bonds is 5. The van der Waals surface area contributed by atoms with Crippen molar-refractivity contribution in [3.8, 4) is 11.4 Å². The number of nitrogens with one attached hydrogen (secondary N) is 1. The number of amides is 1. The molecule has 0 aliphatic heterocycles. The lowest BCUT2D eigenvalue weighted by Crippen LogP contribution is -2.42. The SMILES string of the molecule is Cc1cc2nn(-c3ccc(F)cc3)nc2cc1NC(=O)C(C)(C)Oc1ccc(Cl)cc1. The zero-order valence-electron chi connectivity index (χ0n) is 17.2. The molecule has 6 nitrogen and oxygen atoms in total. The van der Waals surface area contributed by atoms with Crippen LogP contribution in [0.15, 0.2) is 60.7 Å². The Labute approximate surface area is 183 Å². The van der Waals surface area contributed by atoms with E-state index in [1.165, 1.54) is 16.9 Å². The second-order valence-corrected chi connectivity index (χ2v) is 8.08. The van der Waals surface area contributed by atoms with E-state index in [0.29, 0.717) is 33.2 Å². The van der Waals surface area contributed by atoms with E-state index in [2.05, 4.69) is 15.5 Å². The highest BCUT2D eigenvalue weighted by atomic mass is 35.5. The number of benzene rings is 3. The van der Waals surface area contributed by atoms with Gasteiger partial charge in [0.2, 0.25) is 0 Å². The van der Waals surface area contributed by atoms with Crippen LogP contribution < -0.4 is 10.1 Å². The monoisotopic (exact) mass is 438 g/mol. The Bertz CT molecular complexity index is 1250. The normalized spacial score (nSPS) is 11.5.